The minimum Gasteiger partial charge on any atom is -0.248 e. The van der Waals surface area contributed by atoms with Crippen molar-refractivity contribution in [3.8, 4) is 6.07 Å². The molecule has 0 aliphatic carbocycles. The molecule has 0 fully saturated rings. The van der Waals surface area contributed by atoms with E-state index in [0.717, 1.165) is 17.2 Å². The highest BCUT2D eigenvalue weighted by molar-refractivity contribution is 7.99. The predicted octanol–water partition coefficient (Wildman–Crippen LogP) is 3.13. The van der Waals surface area contributed by atoms with E-state index < -0.39 is 0 Å². The van der Waals surface area contributed by atoms with Crippen LogP contribution in [0.5, 0.6) is 0 Å². The molecule has 13 heavy (non-hydrogen) atoms. The van der Waals surface area contributed by atoms with Crippen molar-refractivity contribution in [1.29, 1.82) is 5.26 Å². The molecule has 0 spiro atoms. The van der Waals surface area contributed by atoms with Crippen LogP contribution in [0.2, 0.25) is 5.02 Å². The van der Waals surface area contributed by atoms with Gasteiger partial charge < -0.3 is 0 Å². The molecule has 0 unspecified atom stereocenters. The van der Waals surface area contributed by atoms with Crippen molar-refractivity contribution in [2.75, 3.05) is 5.75 Å². The first-order valence-electron chi connectivity index (χ1n) is 3.95. The van der Waals surface area contributed by atoms with E-state index in [1.165, 1.54) is 0 Å². The maximum atomic E-state index is 8.32. The van der Waals surface area contributed by atoms with E-state index in [0.29, 0.717) is 11.4 Å². The quantitative estimate of drug-likeness (QED) is 0.569. The van der Waals surface area contributed by atoms with Gasteiger partial charge in [0.05, 0.1) is 11.1 Å². The summed E-state index contributed by atoms with van der Waals surface area (Å²) in [4.78, 5) is 4.12. The molecule has 0 N–H and O–H groups in total. The van der Waals surface area contributed by atoms with Gasteiger partial charge in [0.1, 0.15) is 5.03 Å². The van der Waals surface area contributed by atoms with Crippen LogP contribution in [0.1, 0.15) is 12.8 Å². The Morgan fingerprint density at radius 3 is 3.15 bits per heavy atom. The van der Waals surface area contributed by atoms with E-state index >= 15 is 0 Å². The lowest BCUT2D eigenvalue weighted by Crippen LogP contribution is -1.83. The number of hydrogen-bond acceptors (Lipinski definition) is 3. The molecule has 0 saturated heterocycles. The normalized spacial score (nSPS) is 9.54. The fraction of sp³-hybridized carbons (Fsp3) is 0.333. The number of thioether (sulfide) groups is 1. The summed E-state index contributed by atoms with van der Waals surface area (Å²) in [5.74, 6) is 0.893. The Balaban J connectivity index is 2.37. The monoisotopic (exact) mass is 212 g/mol. The fourth-order valence-corrected chi connectivity index (χ4v) is 1.91. The van der Waals surface area contributed by atoms with Gasteiger partial charge in [-0.1, -0.05) is 11.6 Å². The second-order valence-electron chi connectivity index (χ2n) is 2.40. The number of nitriles is 1. The van der Waals surface area contributed by atoms with Gasteiger partial charge in [0.15, 0.2) is 0 Å². The summed E-state index contributed by atoms with van der Waals surface area (Å²) in [5.41, 5.74) is 0. The predicted molar refractivity (Wildman–Crippen MR) is 54.8 cm³/mol. The van der Waals surface area contributed by atoms with Crippen LogP contribution >= 0.6 is 23.4 Å². The highest BCUT2D eigenvalue weighted by Crippen LogP contribution is 2.24. The van der Waals surface area contributed by atoms with E-state index in [1.54, 1.807) is 18.0 Å². The minimum absolute atomic E-state index is 0.595. The van der Waals surface area contributed by atoms with Crippen molar-refractivity contribution >= 4 is 23.4 Å². The lowest BCUT2D eigenvalue weighted by molar-refractivity contribution is 0.977. The summed E-state index contributed by atoms with van der Waals surface area (Å²) in [6.07, 6.45) is 3.20. The van der Waals surface area contributed by atoms with E-state index in [-0.39, 0.29) is 0 Å². The first-order valence-corrected chi connectivity index (χ1v) is 5.31. The van der Waals surface area contributed by atoms with Gasteiger partial charge in [-0.05, 0) is 18.6 Å². The first kappa shape index (κ1) is 10.4. The number of nitrogens with zero attached hydrogens (tertiary/aromatic N) is 2. The molecule has 1 rings (SSSR count). The molecule has 1 aromatic rings. The molecule has 0 aromatic carbocycles. The van der Waals surface area contributed by atoms with Crippen LogP contribution in [-0.2, 0) is 0 Å². The van der Waals surface area contributed by atoms with Crippen LogP contribution in [0, 0.1) is 11.3 Å². The van der Waals surface area contributed by atoms with Crippen LogP contribution in [0.3, 0.4) is 0 Å². The lowest BCUT2D eigenvalue weighted by Gasteiger charge is -2.00. The topological polar surface area (TPSA) is 36.7 Å². The number of aromatic nitrogens is 1. The zero-order valence-corrected chi connectivity index (χ0v) is 8.61. The maximum absolute atomic E-state index is 8.32. The average Bonchev–Trinajstić information content (AvgIpc) is 2.15. The Bertz CT molecular complexity index is 309. The van der Waals surface area contributed by atoms with Crippen molar-refractivity contribution in [3.05, 3.63) is 23.4 Å². The van der Waals surface area contributed by atoms with E-state index in [9.17, 15) is 0 Å². The summed E-state index contributed by atoms with van der Waals surface area (Å²) in [6.45, 7) is 0. The van der Waals surface area contributed by atoms with Crippen molar-refractivity contribution in [1.82, 2.24) is 4.98 Å². The fourth-order valence-electron chi connectivity index (χ4n) is 0.797. The molecule has 68 valence electrons. The van der Waals surface area contributed by atoms with Gasteiger partial charge in [-0.3, -0.25) is 0 Å². The van der Waals surface area contributed by atoms with Crippen molar-refractivity contribution in [2.45, 2.75) is 17.9 Å². The van der Waals surface area contributed by atoms with Gasteiger partial charge >= 0.3 is 0 Å². The molecule has 0 saturated carbocycles. The highest BCUT2D eigenvalue weighted by Gasteiger charge is 1.99. The van der Waals surface area contributed by atoms with Crippen LogP contribution in [-0.4, -0.2) is 10.7 Å². The van der Waals surface area contributed by atoms with Gasteiger partial charge in [-0.2, -0.15) is 5.26 Å². The summed E-state index contributed by atoms with van der Waals surface area (Å²) in [6, 6.07) is 5.73. The zero-order chi connectivity index (χ0) is 9.52. The average molecular weight is 213 g/mol. The van der Waals surface area contributed by atoms with Gasteiger partial charge in [0, 0.05) is 18.4 Å². The maximum Gasteiger partial charge on any atom is 0.115 e. The Labute approximate surface area is 86.9 Å². The van der Waals surface area contributed by atoms with Gasteiger partial charge in [0.2, 0.25) is 0 Å². The minimum atomic E-state index is 0.595. The van der Waals surface area contributed by atoms with E-state index in [4.69, 9.17) is 16.9 Å². The Morgan fingerprint density at radius 2 is 2.46 bits per heavy atom. The second kappa shape index (κ2) is 5.85. The highest BCUT2D eigenvalue weighted by atomic mass is 35.5. The molecule has 4 heteroatoms. The molecule has 2 nitrogen and oxygen atoms in total. The third-order valence-electron chi connectivity index (χ3n) is 1.40. The number of pyridine rings is 1. The lowest BCUT2D eigenvalue weighted by atomic mass is 10.4. The molecule has 0 aliphatic rings. The Kier molecular flexibility index (Phi) is 4.66. The molecule has 0 atom stereocenters. The summed E-state index contributed by atoms with van der Waals surface area (Å²) in [5, 5.41) is 9.85. The number of unbranched alkanes of at least 4 members (excludes halogenated alkanes) is 1. The third-order valence-corrected chi connectivity index (χ3v) is 2.91. The molecule has 1 heterocycles. The van der Waals surface area contributed by atoms with Crippen LogP contribution in [0.4, 0.5) is 0 Å². The molecular weight excluding hydrogens is 204 g/mol. The largest absolute Gasteiger partial charge is 0.248 e. The number of rotatable bonds is 4. The van der Waals surface area contributed by atoms with Gasteiger partial charge in [-0.25, -0.2) is 4.98 Å². The van der Waals surface area contributed by atoms with Crippen molar-refractivity contribution < 1.29 is 0 Å². The first-order chi connectivity index (χ1) is 6.34. The Hall–Kier alpha value is -0.720. The summed E-state index contributed by atoms with van der Waals surface area (Å²) in [7, 11) is 0. The van der Waals surface area contributed by atoms with Crippen molar-refractivity contribution in [2.24, 2.45) is 0 Å². The Morgan fingerprint density at radius 1 is 1.62 bits per heavy atom. The number of halogens is 1. The summed E-state index contributed by atoms with van der Waals surface area (Å²) < 4.78 is 0. The van der Waals surface area contributed by atoms with Crippen molar-refractivity contribution in [3.63, 3.8) is 0 Å². The van der Waals surface area contributed by atoms with E-state index in [2.05, 4.69) is 11.1 Å². The summed E-state index contributed by atoms with van der Waals surface area (Å²) >= 11 is 7.48. The second-order valence-corrected chi connectivity index (χ2v) is 3.89. The molecule has 0 bridgehead atoms. The van der Waals surface area contributed by atoms with Crippen LogP contribution in [0.25, 0.3) is 0 Å². The molecular formula is C9H9ClN2S. The van der Waals surface area contributed by atoms with Crippen LogP contribution < -0.4 is 0 Å². The van der Waals surface area contributed by atoms with Gasteiger partial charge in [0.25, 0.3) is 0 Å². The zero-order valence-electron chi connectivity index (χ0n) is 7.03. The molecule has 0 radical (unpaired) electrons. The molecule has 0 amide bonds. The molecule has 1 aromatic heterocycles. The SMILES string of the molecule is N#CCCCSc1ncccc1Cl. The van der Waals surface area contributed by atoms with Gasteiger partial charge in [-0.15, -0.1) is 11.8 Å². The standard InChI is InChI=1S/C9H9ClN2S/c10-8-4-3-6-12-9(8)13-7-2-1-5-11/h3-4,6H,1-2,7H2. The third kappa shape index (κ3) is 3.67. The van der Waals surface area contributed by atoms with Crippen LogP contribution in [0.15, 0.2) is 23.4 Å². The van der Waals surface area contributed by atoms with E-state index in [1.807, 2.05) is 12.1 Å². The molecule has 0 aliphatic heterocycles. The number of hydrogen-bond donors (Lipinski definition) is 0. The smallest absolute Gasteiger partial charge is 0.115 e.